The number of imide groups is 1. The lowest BCUT2D eigenvalue weighted by Crippen LogP contribution is -2.31. The van der Waals surface area contributed by atoms with Gasteiger partial charge in [0.2, 0.25) is 0 Å². The molecule has 29 heavy (non-hydrogen) atoms. The van der Waals surface area contributed by atoms with Crippen LogP contribution in [0, 0.1) is 0 Å². The molecule has 1 aliphatic rings. The molecule has 0 saturated heterocycles. The first-order chi connectivity index (χ1) is 14.2. The van der Waals surface area contributed by atoms with E-state index in [2.05, 4.69) is 4.57 Å². The van der Waals surface area contributed by atoms with Crippen molar-refractivity contribution in [2.24, 2.45) is 0 Å². The van der Waals surface area contributed by atoms with Gasteiger partial charge >= 0.3 is 0 Å². The minimum Gasteiger partial charge on any atom is -0.287 e. The van der Waals surface area contributed by atoms with Gasteiger partial charge in [0, 0.05) is 18.0 Å². The molecule has 0 N–H and O–H groups in total. The van der Waals surface area contributed by atoms with Gasteiger partial charge in [-0.1, -0.05) is 54.2 Å². The summed E-state index contributed by atoms with van der Waals surface area (Å²) >= 11 is 1.54. The molecule has 0 radical (unpaired) electrons. The topological polar surface area (TPSA) is 55.2 Å². The number of aromatic nitrogens is 2. The average molecular weight is 399 g/mol. The quantitative estimate of drug-likeness (QED) is 0.368. The Morgan fingerprint density at radius 1 is 0.759 bits per heavy atom. The molecule has 5 nitrogen and oxygen atoms in total. The standard InChI is InChI=1S/C23H17N3O2S/c27-21-17-10-4-5-11-18(17)22(28)25(21)14-15-29-23-24-19-12-6-7-13-20(19)26(23)16-8-2-1-3-9-16/h1-13H,14-15H2. The van der Waals surface area contributed by atoms with Gasteiger partial charge in [-0.25, -0.2) is 4.98 Å². The fraction of sp³-hybridized carbons (Fsp3) is 0.0870. The van der Waals surface area contributed by atoms with Crippen molar-refractivity contribution in [3.63, 3.8) is 0 Å². The Kier molecular flexibility index (Phi) is 4.41. The van der Waals surface area contributed by atoms with Gasteiger partial charge in [-0.3, -0.25) is 19.1 Å². The number of carbonyl (C=O) groups excluding carboxylic acids is 2. The van der Waals surface area contributed by atoms with Gasteiger partial charge < -0.3 is 0 Å². The molecule has 0 unspecified atom stereocenters. The summed E-state index contributed by atoms with van der Waals surface area (Å²) in [5.41, 5.74) is 3.95. The number of hydrogen-bond donors (Lipinski definition) is 0. The molecule has 0 fully saturated rings. The Bertz CT molecular complexity index is 1200. The molecule has 0 saturated carbocycles. The van der Waals surface area contributed by atoms with Crippen molar-refractivity contribution in [2.45, 2.75) is 5.16 Å². The van der Waals surface area contributed by atoms with Gasteiger partial charge in [0.1, 0.15) is 0 Å². The second-order valence-corrected chi connectivity index (χ2v) is 7.77. The number of nitrogens with zero attached hydrogens (tertiary/aromatic N) is 3. The van der Waals surface area contributed by atoms with Crippen LogP contribution in [0.2, 0.25) is 0 Å². The highest BCUT2D eigenvalue weighted by atomic mass is 32.2. The molecule has 0 atom stereocenters. The first-order valence-corrected chi connectivity index (χ1v) is 10.3. The van der Waals surface area contributed by atoms with E-state index in [4.69, 9.17) is 4.98 Å². The van der Waals surface area contributed by atoms with Gasteiger partial charge in [0.05, 0.1) is 22.2 Å². The van der Waals surface area contributed by atoms with E-state index in [9.17, 15) is 9.59 Å². The van der Waals surface area contributed by atoms with Gasteiger partial charge in [-0.2, -0.15) is 0 Å². The molecule has 5 rings (SSSR count). The Hall–Kier alpha value is -3.38. The smallest absolute Gasteiger partial charge is 0.261 e. The van der Waals surface area contributed by atoms with E-state index in [1.807, 2.05) is 54.6 Å². The van der Waals surface area contributed by atoms with Gasteiger partial charge in [0.25, 0.3) is 11.8 Å². The maximum absolute atomic E-state index is 12.6. The molecule has 2 amide bonds. The number of amides is 2. The van der Waals surface area contributed by atoms with Crippen LogP contribution in [-0.4, -0.2) is 38.6 Å². The van der Waals surface area contributed by atoms with E-state index in [1.54, 1.807) is 36.0 Å². The van der Waals surface area contributed by atoms with Crippen LogP contribution >= 0.6 is 11.8 Å². The molecule has 1 aromatic heterocycles. The predicted molar refractivity (Wildman–Crippen MR) is 114 cm³/mol. The molecule has 142 valence electrons. The summed E-state index contributed by atoms with van der Waals surface area (Å²) in [6.45, 7) is 0.342. The van der Waals surface area contributed by atoms with E-state index < -0.39 is 0 Å². The summed E-state index contributed by atoms with van der Waals surface area (Å²) in [5.74, 6) is 0.132. The predicted octanol–water partition coefficient (Wildman–Crippen LogP) is 4.41. The van der Waals surface area contributed by atoms with Crippen molar-refractivity contribution in [1.29, 1.82) is 0 Å². The highest BCUT2D eigenvalue weighted by molar-refractivity contribution is 7.99. The van der Waals surface area contributed by atoms with Crippen molar-refractivity contribution in [3.8, 4) is 5.69 Å². The number of fused-ring (bicyclic) bond motifs is 2. The van der Waals surface area contributed by atoms with E-state index in [0.29, 0.717) is 23.4 Å². The van der Waals surface area contributed by atoms with E-state index in [-0.39, 0.29) is 11.8 Å². The second kappa shape index (κ2) is 7.22. The maximum atomic E-state index is 12.6. The molecular weight excluding hydrogens is 382 g/mol. The number of hydrogen-bond acceptors (Lipinski definition) is 4. The Balaban J connectivity index is 1.40. The third kappa shape index (κ3) is 3.02. The van der Waals surface area contributed by atoms with Crippen molar-refractivity contribution in [3.05, 3.63) is 90.0 Å². The lowest BCUT2D eigenvalue weighted by molar-refractivity contribution is 0.0664. The summed E-state index contributed by atoms with van der Waals surface area (Å²) < 4.78 is 2.11. The number of rotatable bonds is 5. The average Bonchev–Trinajstić information content (AvgIpc) is 3.25. The fourth-order valence-corrected chi connectivity index (χ4v) is 4.55. The molecule has 3 aromatic carbocycles. The zero-order valence-corrected chi connectivity index (χ0v) is 16.3. The molecule has 0 spiro atoms. The van der Waals surface area contributed by atoms with Crippen LogP contribution in [0.3, 0.4) is 0 Å². The monoisotopic (exact) mass is 399 g/mol. The lowest BCUT2D eigenvalue weighted by Gasteiger charge is -2.14. The van der Waals surface area contributed by atoms with E-state index in [1.165, 1.54) is 4.90 Å². The third-order valence-electron chi connectivity index (χ3n) is 4.97. The molecule has 1 aliphatic heterocycles. The summed E-state index contributed by atoms with van der Waals surface area (Å²) in [5, 5.41) is 0.842. The fourth-order valence-electron chi connectivity index (χ4n) is 3.60. The normalized spacial score (nSPS) is 13.3. The minimum absolute atomic E-state index is 0.220. The number of thioether (sulfide) groups is 1. The van der Waals surface area contributed by atoms with Crippen molar-refractivity contribution >= 4 is 34.6 Å². The molecule has 4 aromatic rings. The van der Waals surface area contributed by atoms with Crippen LogP contribution in [0.1, 0.15) is 20.7 Å². The van der Waals surface area contributed by atoms with Crippen molar-refractivity contribution < 1.29 is 9.59 Å². The number of imidazole rings is 1. The Morgan fingerprint density at radius 2 is 1.38 bits per heavy atom. The zero-order valence-electron chi connectivity index (χ0n) is 15.5. The van der Waals surface area contributed by atoms with Crippen LogP contribution < -0.4 is 0 Å². The first-order valence-electron chi connectivity index (χ1n) is 9.35. The van der Waals surface area contributed by atoms with Crippen molar-refractivity contribution in [1.82, 2.24) is 14.5 Å². The van der Waals surface area contributed by atoms with Gasteiger partial charge in [-0.05, 0) is 36.4 Å². The Morgan fingerprint density at radius 3 is 2.10 bits per heavy atom. The Labute approximate surface area is 172 Å². The van der Waals surface area contributed by atoms with Crippen LogP contribution in [0.25, 0.3) is 16.7 Å². The largest absolute Gasteiger partial charge is 0.287 e. The summed E-state index contributed by atoms with van der Waals surface area (Å²) in [7, 11) is 0. The molecule has 2 heterocycles. The number of carbonyl (C=O) groups is 2. The van der Waals surface area contributed by atoms with Crippen LogP contribution in [0.5, 0.6) is 0 Å². The SMILES string of the molecule is O=C1c2ccccc2C(=O)N1CCSc1nc2ccccc2n1-c1ccccc1. The highest BCUT2D eigenvalue weighted by Gasteiger charge is 2.34. The summed E-state index contributed by atoms with van der Waals surface area (Å²) in [4.78, 5) is 31.2. The lowest BCUT2D eigenvalue weighted by atomic mass is 10.1. The number of para-hydroxylation sites is 3. The summed E-state index contributed by atoms with van der Waals surface area (Å²) in [6.07, 6.45) is 0. The maximum Gasteiger partial charge on any atom is 0.261 e. The summed E-state index contributed by atoms with van der Waals surface area (Å²) in [6, 6.07) is 25.0. The molecule has 0 bridgehead atoms. The first kappa shape index (κ1) is 17.7. The third-order valence-corrected chi connectivity index (χ3v) is 5.89. The molecule has 0 aliphatic carbocycles. The van der Waals surface area contributed by atoms with E-state index >= 15 is 0 Å². The molecular formula is C23H17N3O2S. The van der Waals surface area contributed by atoms with Crippen LogP contribution in [-0.2, 0) is 0 Å². The van der Waals surface area contributed by atoms with Gasteiger partial charge in [-0.15, -0.1) is 0 Å². The van der Waals surface area contributed by atoms with Crippen LogP contribution in [0.4, 0.5) is 0 Å². The van der Waals surface area contributed by atoms with Gasteiger partial charge in [0.15, 0.2) is 5.16 Å². The second-order valence-electron chi connectivity index (χ2n) is 6.71. The van der Waals surface area contributed by atoms with Crippen molar-refractivity contribution in [2.75, 3.05) is 12.3 Å². The number of benzene rings is 3. The minimum atomic E-state index is -0.220. The van der Waals surface area contributed by atoms with E-state index in [0.717, 1.165) is 21.9 Å². The zero-order chi connectivity index (χ0) is 19.8. The van der Waals surface area contributed by atoms with Crippen LogP contribution in [0.15, 0.2) is 84.0 Å². The highest BCUT2D eigenvalue weighted by Crippen LogP contribution is 2.29. The molecule has 6 heteroatoms.